The Bertz CT molecular complexity index is 439. The van der Waals surface area contributed by atoms with Crippen molar-refractivity contribution in [3.05, 3.63) is 0 Å². The van der Waals surface area contributed by atoms with Gasteiger partial charge < -0.3 is 0 Å². The molecule has 0 amide bonds. The van der Waals surface area contributed by atoms with Gasteiger partial charge in [-0.25, -0.2) is 0 Å². The number of rotatable bonds is 2. The van der Waals surface area contributed by atoms with Crippen LogP contribution in [0.25, 0.3) is 0 Å². The Morgan fingerprint density at radius 2 is 1.57 bits per heavy atom. The Morgan fingerprint density at radius 1 is 0.783 bits per heavy atom. The van der Waals surface area contributed by atoms with Gasteiger partial charge in [0, 0.05) is 0 Å². The highest BCUT2D eigenvalue weighted by atomic mass is 14.6. The van der Waals surface area contributed by atoms with E-state index in [1.54, 1.807) is 51.4 Å². The Labute approximate surface area is 145 Å². The fourth-order valence-corrected chi connectivity index (χ4v) is 8.29. The van der Waals surface area contributed by atoms with Crippen LogP contribution in [0.15, 0.2) is 0 Å². The fourth-order valence-electron chi connectivity index (χ4n) is 8.29. The molecule has 132 valence electrons. The molecule has 0 heteroatoms. The van der Waals surface area contributed by atoms with Gasteiger partial charge in [0.05, 0.1) is 0 Å². The fraction of sp³-hybridized carbons (Fsp3) is 1.00. The molecule has 0 bridgehead atoms. The molecule has 4 fully saturated rings. The van der Waals surface area contributed by atoms with Crippen molar-refractivity contribution in [3.63, 3.8) is 0 Å². The molecule has 4 saturated carbocycles. The van der Waals surface area contributed by atoms with E-state index in [4.69, 9.17) is 0 Å². The van der Waals surface area contributed by atoms with Gasteiger partial charge in [0.1, 0.15) is 0 Å². The molecule has 0 aromatic carbocycles. The van der Waals surface area contributed by atoms with E-state index in [-0.39, 0.29) is 0 Å². The number of hydrogen-bond donors (Lipinski definition) is 0. The molecule has 4 aliphatic carbocycles. The molecular formula is C23H40. The van der Waals surface area contributed by atoms with Gasteiger partial charge in [-0.15, -0.1) is 0 Å². The summed E-state index contributed by atoms with van der Waals surface area (Å²) in [6.45, 7) is 10.2. The van der Waals surface area contributed by atoms with Gasteiger partial charge in [-0.2, -0.15) is 0 Å². The number of fused-ring (bicyclic) bond motifs is 5. The second-order valence-corrected chi connectivity index (χ2v) is 10.6. The minimum absolute atomic E-state index is 0.678. The monoisotopic (exact) mass is 316 g/mol. The van der Waals surface area contributed by atoms with Crippen molar-refractivity contribution in [2.75, 3.05) is 0 Å². The van der Waals surface area contributed by atoms with E-state index in [0.29, 0.717) is 5.41 Å². The molecule has 23 heavy (non-hydrogen) atoms. The maximum Gasteiger partial charge on any atom is -0.0266 e. The first-order valence-corrected chi connectivity index (χ1v) is 11.0. The van der Waals surface area contributed by atoms with Gasteiger partial charge in [0.15, 0.2) is 0 Å². The zero-order valence-electron chi connectivity index (χ0n) is 16.2. The van der Waals surface area contributed by atoms with Gasteiger partial charge in [0.25, 0.3) is 0 Å². The van der Waals surface area contributed by atoms with Crippen LogP contribution < -0.4 is 0 Å². The largest absolute Gasteiger partial charge is 0.0651 e. The van der Waals surface area contributed by atoms with Gasteiger partial charge in [-0.1, -0.05) is 40.5 Å². The predicted octanol–water partition coefficient (Wildman–Crippen LogP) is 7.08. The molecule has 7 unspecified atom stereocenters. The Kier molecular flexibility index (Phi) is 4.13. The Hall–Kier alpha value is 0. The van der Waals surface area contributed by atoms with Gasteiger partial charge in [0.2, 0.25) is 0 Å². The first-order valence-electron chi connectivity index (χ1n) is 11.0. The van der Waals surface area contributed by atoms with Crippen LogP contribution in [0, 0.1) is 46.3 Å². The summed E-state index contributed by atoms with van der Waals surface area (Å²) in [4.78, 5) is 0. The van der Waals surface area contributed by atoms with Crippen molar-refractivity contribution in [1.29, 1.82) is 0 Å². The molecule has 0 spiro atoms. The third-order valence-corrected chi connectivity index (χ3v) is 9.90. The van der Waals surface area contributed by atoms with Crippen LogP contribution in [0.1, 0.15) is 98.3 Å². The van der Waals surface area contributed by atoms with Crippen molar-refractivity contribution in [2.45, 2.75) is 98.3 Å². The highest BCUT2D eigenvalue weighted by Crippen LogP contribution is 2.65. The third kappa shape index (κ3) is 2.44. The highest BCUT2D eigenvalue weighted by molar-refractivity contribution is 5.06. The quantitative estimate of drug-likeness (QED) is 0.510. The van der Waals surface area contributed by atoms with E-state index in [2.05, 4.69) is 27.7 Å². The smallest absolute Gasteiger partial charge is 0.0266 e. The summed E-state index contributed by atoms with van der Waals surface area (Å²) >= 11 is 0. The first kappa shape index (κ1) is 16.5. The summed E-state index contributed by atoms with van der Waals surface area (Å²) in [5.74, 6) is 6.55. The topological polar surface area (TPSA) is 0 Å². The van der Waals surface area contributed by atoms with E-state index in [9.17, 15) is 0 Å². The van der Waals surface area contributed by atoms with Crippen molar-refractivity contribution in [2.24, 2.45) is 46.3 Å². The molecule has 0 heterocycles. The highest BCUT2D eigenvalue weighted by Gasteiger charge is 2.56. The molecule has 0 aliphatic heterocycles. The molecule has 4 rings (SSSR count). The van der Waals surface area contributed by atoms with Crippen LogP contribution in [0.3, 0.4) is 0 Å². The first-order chi connectivity index (χ1) is 11.0. The second-order valence-electron chi connectivity index (χ2n) is 10.6. The molecular weight excluding hydrogens is 276 g/mol. The standard InChI is InChI=1S/C23H40/c1-5-17-8-10-21-20-9-7-16-15-22(3,6-2)13-11-18(16)19(20)12-14-23(17,21)4/h16-21H,5-15H2,1-4H3/t16?,17?,18?,19?,20?,21?,22-,23?/m1/s1. The molecule has 0 radical (unpaired) electrons. The second kappa shape index (κ2) is 5.77. The number of hydrogen-bond acceptors (Lipinski definition) is 0. The molecule has 0 nitrogen and oxygen atoms in total. The van der Waals surface area contributed by atoms with Gasteiger partial charge in [-0.05, 0) is 104 Å². The lowest BCUT2D eigenvalue weighted by Gasteiger charge is -2.57. The predicted molar refractivity (Wildman–Crippen MR) is 99.3 cm³/mol. The zero-order valence-corrected chi connectivity index (χ0v) is 16.2. The van der Waals surface area contributed by atoms with Crippen LogP contribution >= 0.6 is 0 Å². The summed E-state index contributed by atoms with van der Waals surface area (Å²) in [5, 5.41) is 0. The van der Waals surface area contributed by atoms with E-state index in [0.717, 1.165) is 40.9 Å². The SMILES string of the molecule is CCC1CCC2C3CCC4C[C@](C)(CC)CCC4C3CCC12C. The Morgan fingerprint density at radius 3 is 2.30 bits per heavy atom. The molecule has 0 aromatic rings. The van der Waals surface area contributed by atoms with Gasteiger partial charge >= 0.3 is 0 Å². The van der Waals surface area contributed by atoms with E-state index < -0.39 is 0 Å². The summed E-state index contributed by atoms with van der Waals surface area (Å²) in [6, 6.07) is 0. The Balaban J connectivity index is 1.52. The zero-order chi connectivity index (χ0) is 16.2. The lowest BCUT2D eigenvalue weighted by atomic mass is 9.48. The third-order valence-electron chi connectivity index (χ3n) is 9.90. The minimum atomic E-state index is 0.678. The van der Waals surface area contributed by atoms with Gasteiger partial charge in [-0.3, -0.25) is 0 Å². The lowest BCUT2D eigenvalue weighted by Crippen LogP contribution is -2.49. The maximum absolute atomic E-state index is 2.69. The van der Waals surface area contributed by atoms with Crippen LogP contribution in [0.4, 0.5) is 0 Å². The van der Waals surface area contributed by atoms with Crippen molar-refractivity contribution >= 4 is 0 Å². The lowest BCUT2D eigenvalue weighted by molar-refractivity contribution is -0.0784. The van der Waals surface area contributed by atoms with E-state index in [1.165, 1.54) is 19.3 Å². The molecule has 8 atom stereocenters. The van der Waals surface area contributed by atoms with E-state index >= 15 is 0 Å². The van der Waals surface area contributed by atoms with Crippen LogP contribution in [0.2, 0.25) is 0 Å². The van der Waals surface area contributed by atoms with Crippen molar-refractivity contribution in [1.82, 2.24) is 0 Å². The molecule has 4 aliphatic rings. The van der Waals surface area contributed by atoms with E-state index in [1.807, 2.05) is 0 Å². The van der Waals surface area contributed by atoms with Crippen molar-refractivity contribution < 1.29 is 0 Å². The van der Waals surface area contributed by atoms with Crippen molar-refractivity contribution in [3.8, 4) is 0 Å². The minimum Gasteiger partial charge on any atom is -0.0651 e. The summed E-state index contributed by atoms with van der Waals surface area (Å²) in [7, 11) is 0. The van der Waals surface area contributed by atoms with Crippen LogP contribution in [0.5, 0.6) is 0 Å². The average molecular weight is 317 g/mol. The maximum atomic E-state index is 2.69. The molecule has 0 N–H and O–H groups in total. The van der Waals surface area contributed by atoms with Crippen LogP contribution in [-0.4, -0.2) is 0 Å². The summed E-state index contributed by atoms with van der Waals surface area (Å²) in [6.07, 6.45) is 16.9. The molecule has 0 aromatic heterocycles. The average Bonchev–Trinajstić information content (AvgIpc) is 2.90. The summed E-state index contributed by atoms with van der Waals surface area (Å²) in [5.41, 5.74) is 1.40. The summed E-state index contributed by atoms with van der Waals surface area (Å²) < 4.78 is 0. The normalized spacial score (nSPS) is 55.8. The molecule has 0 saturated heterocycles. The van der Waals surface area contributed by atoms with Crippen LogP contribution in [-0.2, 0) is 0 Å².